The zero-order valence-corrected chi connectivity index (χ0v) is 17.8. The number of anilines is 1. The lowest BCUT2D eigenvalue weighted by atomic mass is 10.2. The van der Waals surface area contributed by atoms with Crippen molar-refractivity contribution in [3.63, 3.8) is 0 Å². The molecule has 1 aliphatic rings. The minimum Gasteiger partial charge on any atom is -0.332 e. The summed E-state index contributed by atoms with van der Waals surface area (Å²) < 4.78 is 40.1. The summed E-state index contributed by atoms with van der Waals surface area (Å²) in [6.45, 7) is 0.553. The van der Waals surface area contributed by atoms with Gasteiger partial charge in [0, 0.05) is 25.8 Å². The Balaban J connectivity index is 1.74. The van der Waals surface area contributed by atoms with Crippen molar-refractivity contribution >= 4 is 39.1 Å². The van der Waals surface area contributed by atoms with E-state index in [0.717, 1.165) is 23.8 Å². The van der Waals surface area contributed by atoms with Crippen LogP contribution in [0.25, 0.3) is 0 Å². The summed E-state index contributed by atoms with van der Waals surface area (Å²) in [6.07, 6.45) is 1.59. The third-order valence-electron chi connectivity index (χ3n) is 4.71. The first-order valence-corrected chi connectivity index (χ1v) is 11.1. The number of halogens is 2. The normalized spacial score (nSPS) is 14.5. The molecule has 1 fully saturated rings. The Kier molecular flexibility index (Phi) is 6.74. The fraction of sp³-hybridized carbons (Fsp3) is 0.300. The number of carbonyl (C=O) groups excluding carboxylic acids is 2. The van der Waals surface area contributed by atoms with Crippen LogP contribution in [0.1, 0.15) is 23.2 Å². The topological polar surface area (TPSA) is 86.8 Å². The van der Waals surface area contributed by atoms with Gasteiger partial charge in [0.1, 0.15) is 5.82 Å². The highest BCUT2D eigenvalue weighted by molar-refractivity contribution is 7.89. The van der Waals surface area contributed by atoms with E-state index in [0.29, 0.717) is 13.1 Å². The van der Waals surface area contributed by atoms with Crippen molar-refractivity contribution in [1.82, 2.24) is 9.21 Å². The fourth-order valence-corrected chi connectivity index (χ4v) is 4.91. The zero-order valence-electron chi connectivity index (χ0n) is 16.3. The van der Waals surface area contributed by atoms with E-state index in [4.69, 9.17) is 11.6 Å². The lowest BCUT2D eigenvalue weighted by Crippen LogP contribution is -2.35. The summed E-state index contributed by atoms with van der Waals surface area (Å²) in [4.78, 5) is 26.1. The van der Waals surface area contributed by atoms with Gasteiger partial charge in [0.05, 0.1) is 22.0 Å². The van der Waals surface area contributed by atoms with Crippen molar-refractivity contribution in [2.24, 2.45) is 0 Å². The molecule has 0 atom stereocenters. The van der Waals surface area contributed by atoms with Gasteiger partial charge in [-0.05, 0) is 49.2 Å². The second-order valence-corrected chi connectivity index (χ2v) is 9.32. The molecule has 2 amide bonds. The molecule has 160 valence electrons. The van der Waals surface area contributed by atoms with Crippen LogP contribution in [0.2, 0.25) is 5.02 Å². The molecule has 1 heterocycles. The predicted molar refractivity (Wildman–Crippen MR) is 111 cm³/mol. The van der Waals surface area contributed by atoms with Crippen LogP contribution in [-0.2, 0) is 14.8 Å². The van der Waals surface area contributed by atoms with Gasteiger partial charge in [-0.1, -0.05) is 17.7 Å². The highest BCUT2D eigenvalue weighted by atomic mass is 35.5. The number of nitrogens with zero attached hydrogens (tertiary/aromatic N) is 2. The minimum absolute atomic E-state index is 0.0157. The molecule has 1 aliphatic heterocycles. The SMILES string of the molecule is CN(CC(=O)Nc1cccc(F)c1)C(=O)c1cc(S(=O)(=O)N2CCCC2)ccc1Cl. The van der Waals surface area contributed by atoms with Crippen LogP contribution in [0.4, 0.5) is 10.1 Å². The van der Waals surface area contributed by atoms with E-state index in [1.54, 1.807) is 0 Å². The molecule has 2 aromatic carbocycles. The molecule has 0 aliphatic carbocycles. The Bertz CT molecular complexity index is 1070. The third-order valence-corrected chi connectivity index (χ3v) is 6.93. The smallest absolute Gasteiger partial charge is 0.255 e. The van der Waals surface area contributed by atoms with Crippen LogP contribution in [0, 0.1) is 5.82 Å². The monoisotopic (exact) mass is 453 g/mol. The molecule has 30 heavy (non-hydrogen) atoms. The van der Waals surface area contributed by atoms with Gasteiger partial charge in [0.2, 0.25) is 15.9 Å². The van der Waals surface area contributed by atoms with Gasteiger partial charge < -0.3 is 10.2 Å². The van der Waals surface area contributed by atoms with E-state index in [2.05, 4.69) is 5.32 Å². The largest absolute Gasteiger partial charge is 0.332 e. The van der Waals surface area contributed by atoms with E-state index in [-0.39, 0.29) is 27.7 Å². The van der Waals surface area contributed by atoms with Gasteiger partial charge in [-0.3, -0.25) is 9.59 Å². The minimum atomic E-state index is -3.72. The van der Waals surface area contributed by atoms with Gasteiger partial charge in [-0.25, -0.2) is 12.8 Å². The number of nitrogens with one attached hydrogen (secondary N) is 1. The number of likely N-dealkylation sites (N-methyl/N-ethyl adjacent to an activating group) is 1. The number of carbonyl (C=O) groups is 2. The number of benzene rings is 2. The first-order chi connectivity index (χ1) is 14.2. The van der Waals surface area contributed by atoms with Crippen molar-refractivity contribution in [3.05, 3.63) is 58.9 Å². The molecule has 1 saturated heterocycles. The standard InChI is InChI=1S/C20H21ClFN3O4S/c1-24(13-19(26)23-15-6-4-5-14(22)11-15)20(27)17-12-16(7-8-18(17)21)30(28,29)25-9-2-3-10-25/h4-8,11-12H,2-3,9-10,13H2,1H3,(H,23,26). The molecule has 1 N–H and O–H groups in total. The lowest BCUT2D eigenvalue weighted by Gasteiger charge is -2.19. The van der Waals surface area contributed by atoms with E-state index >= 15 is 0 Å². The first kappa shape index (κ1) is 22.2. The number of rotatable bonds is 6. The van der Waals surface area contributed by atoms with Crippen molar-refractivity contribution in [1.29, 1.82) is 0 Å². The van der Waals surface area contributed by atoms with Crippen LogP contribution >= 0.6 is 11.6 Å². The average molecular weight is 454 g/mol. The molecule has 2 aromatic rings. The summed E-state index contributed by atoms with van der Waals surface area (Å²) in [6, 6.07) is 9.33. The molecule has 10 heteroatoms. The second-order valence-electron chi connectivity index (χ2n) is 6.97. The van der Waals surface area contributed by atoms with Crippen molar-refractivity contribution < 1.29 is 22.4 Å². The van der Waals surface area contributed by atoms with E-state index in [1.165, 1.54) is 47.8 Å². The molecule has 3 rings (SSSR count). The molecule has 7 nitrogen and oxygen atoms in total. The fourth-order valence-electron chi connectivity index (χ4n) is 3.17. The lowest BCUT2D eigenvalue weighted by molar-refractivity contribution is -0.116. The predicted octanol–water partition coefficient (Wildman–Crippen LogP) is 2.97. The summed E-state index contributed by atoms with van der Waals surface area (Å²) in [5, 5.41) is 2.58. The van der Waals surface area contributed by atoms with Gasteiger partial charge in [0.15, 0.2) is 0 Å². The van der Waals surface area contributed by atoms with E-state index < -0.39 is 27.7 Å². The summed E-state index contributed by atoms with van der Waals surface area (Å²) in [5.41, 5.74) is 0.246. The van der Waals surface area contributed by atoms with Gasteiger partial charge >= 0.3 is 0 Å². The molecule has 0 saturated carbocycles. The molecular weight excluding hydrogens is 433 g/mol. The first-order valence-electron chi connectivity index (χ1n) is 9.29. The Hall–Kier alpha value is -2.49. The summed E-state index contributed by atoms with van der Waals surface area (Å²) in [7, 11) is -2.32. The molecular formula is C20H21ClFN3O4S. The zero-order chi connectivity index (χ0) is 21.9. The van der Waals surface area contributed by atoms with Crippen molar-refractivity contribution in [2.45, 2.75) is 17.7 Å². The van der Waals surface area contributed by atoms with E-state index in [1.807, 2.05) is 0 Å². The van der Waals surface area contributed by atoms with Crippen molar-refractivity contribution in [2.75, 3.05) is 32.0 Å². The molecule has 0 aromatic heterocycles. The quantitative estimate of drug-likeness (QED) is 0.728. The number of hydrogen-bond donors (Lipinski definition) is 1. The highest BCUT2D eigenvalue weighted by Crippen LogP contribution is 2.26. The van der Waals surface area contributed by atoms with E-state index in [9.17, 15) is 22.4 Å². The Labute approximate surface area is 179 Å². The number of amides is 2. The van der Waals surface area contributed by atoms with Gasteiger partial charge in [-0.15, -0.1) is 0 Å². The Morgan fingerprint density at radius 2 is 1.87 bits per heavy atom. The number of sulfonamides is 1. The molecule has 0 spiro atoms. The second kappa shape index (κ2) is 9.11. The summed E-state index contributed by atoms with van der Waals surface area (Å²) >= 11 is 6.13. The Morgan fingerprint density at radius 1 is 1.17 bits per heavy atom. The summed E-state index contributed by atoms with van der Waals surface area (Å²) in [5.74, 6) is -1.64. The van der Waals surface area contributed by atoms with Crippen LogP contribution in [0.15, 0.2) is 47.4 Å². The maximum absolute atomic E-state index is 13.2. The van der Waals surface area contributed by atoms with Gasteiger partial charge in [0.25, 0.3) is 5.91 Å². The van der Waals surface area contributed by atoms with Crippen LogP contribution in [0.3, 0.4) is 0 Å². The van der Waals surface area contributed by atoms with Gasteiger partial charge in [-0.2, -0.15) is 4.31 Å². The maximum Gasteiger partial charge on any atom is 0.255 e. The maximum atomic E-state index is 13.2. The number of hydrogen-bond acceptors (Lipinski definition) is 4. The molecule has 0 radical (unpaired) electrons. The van der Waals surface area contributed by atoms with Crippen LogP contribution in [0.5, 0.6) is 0 Å². The highest BCUT2D eigenvalue weighted by Gasteiger charge is 2.29. The van der Waals surface area contributed by atoms with Crippen molar-refractivity contribution in [3.8, 4) is 0 Å². The van der Waals surface area contributed by atoms with Crippen LogP contribution < -0.4 is 5.32 Å². The van der Waals surface area contributed by atoms with Crippen LogP contribution in [-0.4, -0.2) is 56.1 Å². The molecule has 0 bridgehead atoms. The third kappa shape index (κ3) is 4.97. The Morgan fingerprint density at radius 3 is 2.53 bits per heavy atom. The molecule has 0 unspecified atom stereocenters. The average Bonchev–Trinajstić information content (AvgIpc) is 3.23.